The van der Waals surface area contributed by atoms with Gasteiger partial charge in [0.15, 0.2) is 6.10 Å². The second-order valence-electron chi connectivity index (χ2n) is 4.65. The number of benzene rings is 1. The normalized spacial score (nSPS) is 25.5. The maximum atomic E-state index is 12.7. The third kappa shape index (κ3) is 3.92. The van der Waals surface area contributed by atoms with E-state index in [1.165, 1.54) is 0 Å². The van der Waals surface area contributed by atoms with E-state index >= 15 is 0 Å². The molecule has 1 saturated heterocycles. The Kier molecular flexibility index (Phi) is 4.44. The van der Waals surface area contributed by atoms with Gasteiger partial charge in [-0.25, -0.2) is 0 Å². The monoisotopic (exact) mass is 275 g/mol. The molecule has 1 N–H and O–H groups in total. The van der Waals surface area contributed by atoms with Crippen molar-refractivity contribution in [2.24, 2.45) is 0 Å². The third-order valence-corrected chi connectivity index (χ3v) is 3.06. The van der Waals surface area contributed by atoms with Gasteiger partial charge in [-0.2, -0.15) is 13.2 Å². The zero-order valence-corrected chi connectivity index (χ0v) is 10.3. The standard InChI is InChI=1S/C13H16F3NO2/c14-13(15,16)12-8-17(7-11(9-18)19-12)6-10-4-2-1-3-5-10/h1-5,11-12,18H,6-9H2. The molecule has 0 amide bonds. The summed E-state index contributed by atoms with van der Waals surface area (Å²) >= 11 is 0. The number of nitrogens with zero attached hydrogens (tertiary/aromatic N) is 1. The molecule has 2 unspecified atom stereocenters. The van der Waals surface area contributed by atoms with E-state index in [2.05, 4.69) is 0 Å². The molecule has 1 aliphatic heterocycles. The van der Waals surface area contributed by atoms with E-state index in [9.17, 15) is 13.2 Å². The third-order valence-electron chi connectivity index (χ3n) is 3.06. The van der Waals surface area contributed by atoms with Crippen molar-refractivity contribution >= 4 is 0 Å². The number of morpholine rings is 1. The summed E-state index contributed by atoms with van der Waals surface area (Å²) in [5.41, 5.74) is 0.946. The maximum Gasteiger partial charge on any atom is 0.415 e. The molecular formula is C13H16F3NO2. The molecule has 1 heterocycles. The van der Waals surface area contributed by atoms with Crippen molar-refractivity contribution in [2.45, 2.75) is 24.9 Å². The Hall–Kier alpha value is -1.11. The number of aliphatic hydroxyl groups excluding tert-OH is 1. The topological polar surface area (TPSA) is 32.7 Å². The van der Waals surface area contributed by atoms with Crippen LogP contribution >= 0.6 is 0 Å². The molecule has 1 aliphatic rings. The van der Waals surface area contributed by atoms with E-state index in [0.29, 0.717) is 13.1 Å². The van der Waals surface area contributed by atoms with Gasteiger partial charge in [-0.3, -0.25) is 4.90 Å². The molecule has 6 heteroatoms. The highest BCUT2D eigenvalue weighted by atomic mass is 19.4. The zero-order valence-electron chi connectivity index (χ0n) is 10.3. The van der Waals surface area contributed by atoms with E-state index in [-0.39, 0.29) is 6.54 Å². The zero-order chi connectivity index (χ0) is 13.9. The summed E-state index contributed by atoms with van der Waals surface area (Å²) in [6, 6.07) is 9.29. The summed E-state index contributed by atoms with van der Waals surface area (Å²) in [6.07, 6.45) is -7.02. The Labute approximate surface area is 109 Å². The molecule has 19 heavy (non-hydrogen) atoms. The molecule has 0 spiro atoms. The molecule has 0 aliphatic carbocycles. The predicted molar refractivity (Wildman–Crippen MR) is 63.5 cm³/mol. The van der Waals surface area contributed by atoms with Crippen LogP contribution in [0.5, 0.6) is 0 Å². The van der Waals surface area contributed by atoms with Crippen LogP contribution < -0.4 is 0 Å². The summed E-state index contributed by atoms with van der Waals surface area (Å²) in [7, 11) is 0. The number of hydrogen-bond donors (Lipinski definition) is 1. The van der Waals surface area contributed by atoms with Crippen LogP contribution in [-0.2, 0) is 11.3 Å². The minimum Gasteiger partial charge on any atom is -0.394 e. The number of ether oxygens (including phenoxy) is 1. The van der Waals surface area contributed by atoms with Crippen LogP contribution in [0, 0.1) is 0 Å². The lowest BCUT2D eigenvalue weighted by molar-refractivity contribution is -0.257. The second kappa shape index (κ2) is 5.90. The first-order valence-electron chi connectivity index (χ1n) is 6.08. The first-order chi connectivity index (χ1) is 8.99. The fourth-order valence-electron chi connectivity index (χ4n) is 2.17. The molecule has 0 radical (unpaired) electrons. The van der Waals surface area contributed by atoms with E-state index in [0.717, 1.165) is 5.56 Å². The average molecular weight is 275 g/mol. The highest BCUT2D eigenvalue weighted by Crippen LogP contribution is 2.28. The van der Waals surface area contributed by atoms with Crippen LogP contribution in [-0.4, -0.2) is 48.1 Å². The van der Waals surface area contributed by atoms with Gasteiger partial charge < -0.3 is 9.84 Å². The summed E-state index contributed by atoms with van der Waals surface area (Å²) in [4.78, 5) is 1.66. The van der Waals surface area contributed by atoms with Crippen LogP contribution in [0.25, 0.3) is 0 Å². The van der Waals surface area contributed by atoms with Crippen LogP contribution in [0.4, 0.5) is 13.2 Å². The van der Waals surface area contributed by atoms with Gasteiger partial charge in [0.25, 0.3) is 0 Å². The molecule has 0 bridgehead atoms. The van der Waals surface area contributed by atoms with Crippen LogP contribution in [0.15, 0.2) is 30.3 Å². The van der Waals surface area contributed by atoms with Gasteiger partial charge >= 0.3 is 6.18 Å². The Morgan fingerprint density at radius 3 is 2.47 bits per heavy atom. The summed E-state index contributed by atoms with van der Waals surface area (Å²) < 4.78 is 43.0. The molecule has 106 valence electrons. The van der Waals surface area contributed by atoms with Crippen molar-refractivity contribution in [3.8, 4) is 0 Å². The number of halogens is 3. The molecule has 2 atom stereocenters. The lowest BCUT2D eigenvalue weighted by Gasteiger charge is -2.38. The lowest BCUT2D eigenvalue weighted by Crippen LogP contribution is -2.53. The van der Waals surface area contributed by atoms with Crippen molar-refractivity contribution < 1.29 is 23.0 Å². The fourth-order valence-corrected chi connectivity index (χ4v) is 2.17. The van der Waals surface area contributed by atoms with Gasteiger partial charge in [0.05, 0.1) is 12.7 Å². The van der Waals surface area contributed by atoms with Crippen molar-refractivity contribution in [2.75, 3.05) is 19.7 Å². The van der Waals surface area contributed by atoms with Crippen LogP contribution in [0.3, 0.4) is 0 Å². The highest BCUT2D eigenvalue weighted by molar-refractivity contribution is 5.14. The number of aliphatic hydroxyl groups is 1. The first-order valence-corrected chi connectivity index (χ1v) is 6.08. The van der Waals surface area contributed by atoms with Crippen molar-refractivity contribution in [1.29, 1.82) is 0 Å². The Morgan fingerprint density at radius 1 is 1.21 bits per heavy atom. The summed E-state index contributed by atoms with van der Waals surface area (Å²) in [6.45, 7) is 0.123. The largest absolute Gasteiger partial charge is 0.415 e. The summed E-state index contributed by atoms with van der Waals surface area (Å²) in [5, 5.41) is 9.04. The quantitative estimate of drug-likeness (QED) is 0.913. The first kappa shape index (κ1) is 14.3. The van der Waals surface area contributed by atoms with E-state index in [4.69, 9.17) is 9.84 Å². The molecule has 3 nitrogen and oxygen atoms in total. The predicted octanol–water partition coefficient (Wildman–Crippen LogP) is 1.81. The van der Waals surface area contributed by atoms with Crippen LogP contribution in [0.2, 0.25) is 0 Å². The van der Waals surface area contributed by atoms with Gasteiger partial charge in [-0.05, 0) is 5.56 Å². The Balaban J connectivity index is 2.03. The molecule has 1 aromatic rings. The molecule has 1 fully saturated rings. The Bertz CT molecular complexity index is 397. The minimum absolute atomic E-state index is 0.200. The molecule has 2 rings (SSSR count). The van der Waals surface area contributed by atoms with Crippen molar-refractivity contribution in [1.82, 2.24) is 4.90 Å². The maximum absolute atomic E-state index is 12.7. The van der Waals surface area contributed by atoms with Gasteiger partial charge in [-0.15, -0.1) is 0 Å². The fraction of sp³-hybridized carbons (Fsp3) is 0.538. The van der Waals surface area contributed by atoms with Gasteiger partial charge in [0.1, 0.15) is 0 Å². The summed E-state index contributed by atoms with van der Waals surface area (Å²) in [5.74, 6) is 0. The van der Waals surface area contributed by atoms with E-state index in [1.54, 1.807) is 4.90 Å². The average Bonchev–Trinajstić information content (AvgIpc) is 2.38. The lowest BCUT2D eigenvalue weighted by atomic mass is 10.1. The van der Waals surface area contributed by atoms with Crippen LogP contribution in [0.1, 0.15) is 5.56 Å². The van der Waals surface area contributed by atoms with Gasteiger partial charge in [0, 0.05) is 19.6 Å². The molecule has 0 aromatic heterocycles. The van der Waals surface area contributed by atoms with E-state index in [1.807, 2.05) is 30.3 Å². The second-order valence-corrected chi connectivity index (χ2v) is 4.65. The van der Waals surface area contributed by atoms with Gasteiger partial charge in [-0.1, -0.05) is 30.3 Å². The molecule has 1 aromatic carbocycles. The van der Waals surface area contributed by atoms with E-state index < -0.39 is 25.0 Å². The van der Waals surface area contributed by atoms with Crippen molar-refractivity contribution in [3.63, 3.8) is 0 Å². The highest BCUT2D eigenvalue weighted by Gasteiger charge is 2.45. The smallest absolute Gasteiger partial charge is 0.394 e. The SMILES string of the molecule is OCC1CN(Cc2ccccc2)CC(C(F)(F)F)O1. The number of hydrogen-bond acceptors (Lipinski definition) is 3. The molecular weight excluding hydrogens is 259 g/mol. The number of alkyl halides is 3. The Morgan fingerprint density at radius 2 is 1.89 bits per heavy atom. The minimum atomic E-state index is -4.40. The molecule has 0 saturated carbocycles. The number of rotatable bonds is 3. The van der Waals surface area contributed by atoms with Gasteiger partial charge in [0.2, 0.25) is 0 Å². The van der Waals surface area contributed by atoms with Crippen molar-refractivity contribution in [3.05, 3.63) is 35.9 Å².